The van der Waals surface area contributed by atoms with Crippen molar-refractivity contribution in [1.29, 1.82) is 0 Å². The van der Waals surface area contributed by atoms with E-state index in [2.05, 4.69) is 16.5 Å². The van der Waals surface area contributed by atoms with Gasteiger partial charge in [0, 0.05) is 49.7 Å². The summed E-state index contributed by atoms with van der Waals surface area (Å²) in [6.07, 6.45) is 5.11. The highest BCUT2D eigenvalue weighted by Crippen LogP contribution is 2.40. The molecule has 2 fully saturated rings. The Bertz CT molecular complexity index is 666. The van der Waals surface area contributed by atoms with Crippen molar-refractivity contribution in [3.05, 3.63) is 27.9 Å². The number of fused-ring (bicyclic) bond motifs is 1. The molecule has 2 aliphatic heterocycles. The van der Waals surface area contributed by atoms with Crippen LogP contribution in [0.2, 0.25) is 0 Å². The predicted octanol–water partition coefficient (Wildman–Crippen LogP) is 1.55. The number of carbonyl (C=O) groups excluding carboxylic acids is 1. The Labute approximate surface area is 130 Å². The Kier molecular flexibility index (Phi) is 3.31. The van der Waals surface area contributed by atoms with E-state index in [4.69, 9.17) is 0 Å². The Hall–Kier alpha value is -1.65. The first-order chi connectivity index (χ1) is 10.6. The average Bonchev–Trinajstić information content (AvgIpc) is 3.06. The summed E-state index contributed by atoms with van der Waals surface area (Å²) in [4.78, 5) is 30.5. The van der Waals surface area contributed by atoms with Gasteiger partial charge >= 0.3 is 0 Å². The summed E-state index contributed by atoms with van der Waals surface area (Å²) in [6.45, 7) is 4.76. The quantitative estimate of drug-likeness (QED) is 0.833. The van der Waals surface area contributed by atoms with Gasteiger partial charge in [-0.15, -0.1) is 0 Å². The van der Waals surface area contributed by atoms with E-state index in [-0.39, 0.29) is 11.5 Å². The molecule has 3 atom stereocenters. The van der Waals surface area contributed by atoms with Crippen LogP contribution < -0.4 is 5.56 Å². The normalized spacial score (nSPS) is 30.2. The molecule has 1 aromatic rings. The number of nitrogens with zero attached hydrogens (tertiary/aromatic N) is 3. The fourth-order valence-corrected chi connectivity index (χ4v) is 4.08. The lowest BCUT2D eigenvalue weighted by atomic mass is 9.93. The third kappa shape index (κ3) is 2.36. The van der Waals surface area contributed by atoms with Gasteiger partial charge in [-0.1, -0.05) is 6.92 Å². The Balaban J connectivity index is 1.58. The molecule has 3 aliphatic rings. The first kappa shape index (κ1) is 14.0. The molecule has 3 heterocycles. The summed E-state index contributed by atoms with van der Waals surface area (Å²) < 4.78 is 2.22. The molecular formula is C17H23N3O2. The zero-order chi connectivity index (χ0) is 15.3. The van der Waals surface area contributed by atoms with Crippen LogP contribution in [0.1, 0.15) is 50.0 Å². The number of rotatable bonds is 2. The third-order valence-electron chi connectivity index (χ3n) is 5.49. The zero-order valence-corrected chi connectivity index (χ0v) is 13.1. The molecule has 0 N–H and O–H groups in total. The molecule has 118 valence electrons. The van der Waals surface area contributed by atoms with Gasteiger partial charge in [-0.2, -0.15) is 4.98 Å². The van der Waals surface area contributed by atoms with Gasteiger partial charge in [0.25, 0.3) is 5.56 Å². The van der Waals surface area contributed by atoms with E-state index in [1.54, 1.807) is 6.07 Å². The second-order valence-electron chi connectivity index (χ2n) is 7.13. The van der Waals surface area contributed by atoms with Crippen LogP contribution in [0.4, 0.5) is 0 Å². The number of hydrogen-bond donors (Lipinski definition) is 0. The molecular weight excluding hydrogens is 278 g/mol. The van der Waals surface area contributed by atoms with Crippen LogP contribution in [-0.4, -0.2) is 33.4 Å². The van der Waals surface area contributed by atoms with E-state index in [0.717, 1.165) is 63.3 Å². The van der Waals surface area contributed by atoms with E-state index < -0.39 is 0 Å². The Morgan fingerprint density at radius 2 is 2.14 bits per heavy atom. The van der Waals surface area contributed by atoms with Gasteiger partial charge in [0.05, 0.1) is 0 Å². The second-order valence-corrected chi connectivity index (χ2v) is 7.13. The standard InChI is InChI=1S/C17H23N3O2/c1-11-8-13(11)17(22)19-6-2-4-12(10-19)14-9-16(21)18-15-5-3-7-20(14)15/h9,11-13H,2-8,10H2,1H3/t11-,12-,13-/m0/s1. The minimum Gasteiger partial charge on any atom is -0.342 e. The number of piperidine rings is 1. The SMILES string of the molecule is C[C@H]1C[C@@H]1C(=O)N1CCC[C@H](c2cc(=O)nc3n2CCC3)C1. The Morgan fingerprint density at radius 1 is 1.32 bits per heavy atom. The summed E-state index contributed by atoms with van der Waals surface area (Å²) in [5.41, 5.74) is 0.983. The van der Waals surface area contributed by atoms with Crippen LogP contribution >= 0.6 is 0 Å². The maximum atomic E-state index is 12.5. The maximum absolute atomic E-state index is 12.5. The van der Waals surface area contributed by atoms with Gasteiger partial charge in [-0.3, -0.25) is 9.59 Å². The van der Waals surface area contributed by atoms with E-state index >= 15 is 0 Å². The number of aromatic nitrogens is 2. The molecule has 5 heteroatoms. The molecule has 0 unspecified atom stereocenters. The smallest absolute Gasteiger partial charge is 0.273 e. The molecule has 0 aromatic carbocycles. The lowest BCUT2D eigenvalue weighted by Gasteiger charge is -2.34. The van der Waals surface area contributed by atoms with E-state index in [9.17, 15) is 9.59 Å². The van der Waals surface area contributed by atoms with Crippen molar-refractivity contribution < 1.29 is 4.79 Å². The summed E-state index contributed by atoms with van der Waals surface area (Å²) in [5, 5.41) is 0. The van der Waals surface area contributed by atoms with Crippen LogP contribution in [0, 0.1) is 11.8 Å². The van der Waals surface area contributed by atoms with Crippen LogP contribution in [0.25, 0.3) is 0 Å². The van der Waals surface area contributed by atoms with Crippen LogP contribution in [0.3, 0.4) is 0 Å². The number of carbonyl (C=O) groups is 1. The molecule has 1 saturated heterocycles. The van der Waals surface area contributed by atoms with Crippen LogP contribution in [0.15, 0.2) is 10.9 Å². The summed E-state index contributed by atoms with van der Waals surface area (Å²) >= 11 is 0. The van der Waals surface area contributed by atoms with Crippen LogP contribution in [0.5, 0.6) is 0 Å². The predicted molar refractivity (Wildman–Crippen MR) is 82.6 cm³/mol. The van der Waals surface area contributed by atoms with Gasteiger partial charge in [0.15, 0.2) is 0 Å². The van der Waals surface area contributed by atoms with E-state index in [0.29, 0.717) is 17.7 Å². The van der Waals surface area contributed by atoms with Crippen molar-refractivity contribution in [2.75, 3.05) is 13.1 Å². The first-order valence-corrected chi connectivity index (χ1v) is 8.53. The average molecular weight is 301 g/mol. The van der Waals surface area contributed by atoms with Crippen LogP contribution in [-0.2, 0) is 17.8 Å². The maximum Gasteiger partial charge on any atom is 0.273 e. The summed E-state index contributed by atoms with van der Waals surface area (Å²) in [7, 11) is 0. The fourth-order valence-electron chi connectivity index (χ4n) is 4.08. The van der Waals surface area contributed by atoms with Crippen molar-refractivity contribution in [1.82, 2.24) is 14.5 Å². The van der Waals surface area contributed by atoms with E-state index in [1.165, 1.54) is 0 Å². The summed E-state index contributed by atoms with van der Waals surface area (Å²) in [6, 6.07) is 1.70. The van der Waals surface area contributed by atoms with E-state index in [1.807, 2.05) is 4.90 Å². The third-order valence-corrected chi connectivity index (χ3v) is 5.49. The Morgan fingerprint density at radius 3 is 2.91 bits per heavy atom. The van der Waals surface area contributed by atoms with Gasteiger partial charge in [-0.25, -0.2) is 0 Å². The molecule has 0 radical (unpaired) electrons. The second kappa shape index (κ2) is 5.21. The first-order valence-electron chi connectivity index (χ1n) is 8.53. The number of amides is 1. The molecule has 22 heavy (non-hydrogen) atoms. The zero-order valence-electron chi connectivity index (χ0n) is 13.1. The largest absolute Gasteiger partial charge is 0.342 e. The monoisotopic (exact) mass is 301 g/mol. The van der Waals surface area contributed by atoms with Crippen molar-refractivity contribution in [3.8, 4) is 0 Å². The molecule has 1 aliphatic carbocycles. The van der Waals surface area contributed by atoms with Gasteiger partial charge in [0.1, 0.15) is 5.82 Å². The minimum atomic E-state index is -0.123. The topological polar surface area (TPSA) is 55.2 Å². The molecule has 4 rings (SSSR count). The van der Waals surface area contributed by atoms with Crippen molar-refractivity contribution >= 4 is 5.91 Å². The molecule has 5 nitrogen and oxygen atoms in total. The molecule has 1 saturated carbocycles. The van der Waals surface area contributed by atoms with Crippen molar-refractivity contribution in [3.63, 3.8) is 0 Å². The number of hydrogen-bond acceptors (Lipinski definition) is 3. The van der Waals surface area contributed by atoms with Gasteiger partial charge in [-0.05, 0) is 31.6 Å². The van der Waals surface area contributed by atoms with Gasteiger partial charge < -0.3 is 9.47 Å². The van der Waals surface area contributed by atoms with Gasteiger partial charge in [0.2, 0.25) is 5.91 Å². The summed E-state index contributed by atoms with van der Waals surface area (Å²) in [5.74, 6) is 2.36. The highest BCUT2D eigenvalue weighted by Gasteiger charge is 2.42. The number of likely N-dealkylation sites (tertiary alicyclic amines) is 1. The molecule has 1 amide bonds. The highest BCUT2D eigenvalue weighted by molar-refractivity contribution is 5.81. The molecule has 1 aromatic heterocycles. The molecule has 0 spiro atoms. The lowest BCUT2D eigenvalue weighted by molar-refractivity contribution is -0.134. The highest BCUT2D eigenvalue weighted by atomic mass is 16.2. The fraction of sp³-hybridized carbons (Fsp3) is 0.706. The van der Waals surface area contributed by atoms with Crippen molar-refractivity contribution in [2.45, 2.75) is 51.5 Å². The molecule has 0 bridgehead atoms. The lowest BCUT2D eigenvalue weighted by Crippen LogP contribution is -2.41. The number of aryl methyl sites for hydroxylation is 1. The van der Waals surface area contributed by atoms with Crippen molar-refractivity contribution in [2.24, 2.45) is 11.8 Å². The minimum absolute atomic E-state index is 0.123.